The fourth-order valence-electron chi connectivity index (χ4n) is 8.46. The van der Waals surface area contributed by atoms with Crippen LogP contribution in [0.15, 0.2) is 107 Å². The van der Waals surface area contributed by atoms with E-state index >= 15 is 0 Å². The minimum atomic E-state index is -0.786. The summed E-state index contributed by atoms with van der Waals surface area (Å²) in [7, 11) is 0. The van der Waals surface area contributed by atoms with E-state index in [1.165, 1.54) is 33.0 Å². The zero-order valence-corrected chi connectivity index (χ0v) is 21.6. The van der Waals surface area contributed by atoms with Crippen LogP contribution in [0.2, 0.25) is 0 Å². The van der Waals surface area contributed by atoms with Crippen LogP contribution in [0.1, 0.15) is 34.6 Å². The second-order valence-corrected chi connectivity index (χ2v) is 11.6. The van der Waals surface area contributed by atoms with Crippen molar-refractivity contribution in [2.45, 2.75) is 18.2 Å². The van der Waals surface area contributed by atoms with Gasteiger partial charge in [0.15, 0.2) is 0 Å². The van der Waals surface area contributed by atoms with Crippen molar-refractivity contribution in [3.8, 4) is 0 Å². The molecule has 2 unspecified atom stereocenters. The van der Waals surface area contributed by atoms with E-state index in [9.17, 15) is 0 Å². The Morgan fingerprint density at radius 1 is 0.537 bits per heavy atom. The third-order valence-electron chi connectivity index (χ3n) is 9.90. The Hall–Kier alpha value is -5.50. The Bertz CT molecular complexity index is 2340. The smallest absolute Gasteiger partial charge is 0.328 e. The molecule has 2 aromatic heterocycles. The Kier molecular flexibility index (Phi) is 2.85. The molecule has 8 heterocycles. The van der Waals surface area contributed by atoms with Gasteiger partial charge in [-0.2, -0.15) is 4.57 Å². The second-order valence-electron chi connectivity index (χ2n) is 11.6. The Labute approximate surface area is 232 Å². The fourth-order valence-corrected chi connectivity index (χ4v) is 8.46. The number of nitrogens with one attached hydrogen (secondary N) is 2. The predicted molar refractivity (Wildman–Crippen MR) is 154 cm³/mol. The molecule has 6 aliphatic rings. The molecule has 2 N–H and O–H groups in total. The second kappa shape index (κ2) is 5.97. The van der Waals surface area contributed by atoms with E-state index in [2.05, 4.69) is 126 Å². The Balaban J connectivity index is 1.42. The minimum Gasteiger partial charge on any atom is -0.328 e. The van der Waals surface area contributed by atoms with Crippen LogP contribution in [0.4, 0.5) is 11.6 Å². The lowest BCUT2D eigenvalue weighted by molar-refractivity contribution is -0.900. The molecule has 0 fully saturated rings. The highest BCUT2D eigenvalue weighted by molar-refractivity contribution is 6.06. The van der Waals surface area contributed by atoms with Gasteiger partial charge in [-0.3, -0.25) is 0 Å². The van der Waals surface area contributed by atoms with Crippen LogP contribution in [-0.2, 0) is 5.91 Å². The first-order chi connectivity index (χ1) is 20.4. The van der Waals surface area contributed by atoms with E-state index in [-0.39, 0.29) is 12.3 Å². The van der Waals surface area contributed by atoms with Crippen molar-refractivity contribution in [2.75, 3.05) is 10.6 Å². The summed E-state index contributed by atoms with van der Waals surface area (Å²) in [6.07, 6.45) is -0.200. The largest absolute Gasteiger partial charge is 0.437 e. The molecule has 0 amide bonds. The molecule has 0 saturated heterocycles. The number of rotatable bonds is 0. The maximum Gasteiger partial charge on any atom is 0.437 e. The standard InChI is InChI=1S/C33H18N8/c1-2-10-18-17(9-1)25-34-27-19-11-3-4-12-20(19)29-36-31-23-15-7-8-16-24(23)32-37-30-22-14-6-5-13-21(22)28-35-26(18)38(25)33(39(27)29,40(28)30)41(31)32/h1-16,25,31H/p+2. The highest BCUT2D eigenvalue weighted by atomic mass is 15.7. The van der Waals surface area contributed by atoms with Crippen LogP contribution in [0.25, 0.3) is 21.5 Å². The van der Waals surface area contributed by atoms with Gasteiger partial charge in [-0.1, -0.05) is 72.8 Å². The number of amidine groups is 2. The maximum atomic E-state index is 5.48. The van der Waals surface area contributed by atoms with Crippen LogP contribution in [0.3, 0.4) is 0 Å². The third-order valence-corrected chi connectivity index (χ3v) is 9.90. The van der Waals surface area contributed by atoms with Gasteiger partial charge in [0, 0.05) is 21.9 Å². The summed E-state index contributed by atoms with van der Waals surface area (Å²) in [5, 5.41) is 12.6. The van der Waals surface area contributed by atoms with E-state index in [0.717, 1.165) is 45.1 Å². The molecular weight excluding hydrogens is 508 g/mol. The first-order valence-electron chi connectivity index (χ1n) is 14.1. The molecule has 190 valence electrons. The minimum absolute atomic E-state index is 0.100. The van der Waals surface area contributed by atoms with Crippen molar-refractivity contribution >= 4 is 44.9 Å². The first-order valence-corrected chi connectivity index (χ1v) is 14.1. The van der Waals surface area contributed by atoms with E-state index in [4.69, 9.17) is 9.98 Å². The van der Waals surface area contributed by atoms with E-state index < -0.39 is 5.91 Å². The normalized spacial score (nSPS) is 24.3. The quantitative estimate of drug-likeness (QED) is 0.295. The molecule has 12 rings (SSSR count). The van der Waals surface area contributed by atoms with Crippen LogP contribution in [0.5, 0.6) is 0 Å². The number of aromatic nitrogens is 2. The van der Waals surface area contributed by atoms with Gasteiger partial charge in [-0.15, -0.1) is 9.15 Å². The van der Waals surface area contributed by atoms with Crippen molar-refractivity contribution in [3.63, 3.8) is 0 Å². The number of hydrogen-bond donors (Lipinski definition) is 2. The van der Waals surface area contributed by atoms with E-state index in [0.29, 0.717) is 0 Å². The average Bonchev–Trinajstić information content (AvgIpc) is 3.74. The molecule has 1 spiro atoms. The van der Waals surface area contributed by atoms with Gasteiger partial charge < -0.3 is 10.6 Å². The topological polar surface area (TPSA) is 64.7 Å². The number of hydrogen-bond acceptors (Lipinski definition) is 4. The third kappa shape index (κ3) is 1.79. The summed E-state index contributed by atoms with van der Waals surface area (Å²) in [5.41, 5.74) is 6.73. The summed E-state index contributed by atoms with van der Waals surface area (Å²) < 4.78 is 9.92. The van der Waals surface area contributed by atoms with Gasteiger partial charge in [0.2, 0.25) is 12.3 Å². The monoisotopic (exact) mass is 528 g/mol. The van der Waals surface area contributed by atoms with Crippen molar-refractivity contribution in [1.82, 2.24) is 9.13 Å². The van der Waals surface area contributed by atoms with Gasteiger partial charge in [-0.25, -0.2) is 4.57 Å². The lowest BCUT2D eigenvalue weighted by Crippen LogP contribution is -2.72. The van der Waals surface area contributed by atoms with Gasteiger partial charge in [0.25, 0.3) is 11.0 Å². The number of nitrogens with zero attached hydrogens (tertiary/aromatic N) is 6. The summed E-state index contributed by atoms with van der Waals surface area (Å²) in [5.74, 6) is 3.41. The molecule has 0 saturated carbocycles. The predicted octanol–water partition coefficient (Wildman–Crippen LogP) is 3.77. The Morgan fingerprint density at radius 2 is 0.976 bits per heavy atom. The van der Waals surface area contributed by atoms with Crippen LogP contribution in [-0.4, -0.2) is 30.0 Å². The molecule has 0 bridgehead atoms. The van der Waals surface area contributed by atoms with Crippen LogP contribution in [0, 0.1) is 0 Å². The molecule has 0 aliphatic carbocycles. The molecule has 6 aromatic rings. The number of anilines is 2. The summed E-state index contributed by atoms with van der Waals surface area (Å²) in [4.78, 5) is 11.0. The van der Waals surface area contributed by atoms with Gasteiger partial charge >= 0.3 is 17.6 Å². The molecular formula is C33H20N8+2. The molecule has 2 atom stereocenters. The van der Waals surface area contributed by atoms with Crippen molar-refractivity contribution in [2.24, 2.45) is 9.98 Å². The molecule has 8 nitrogen and oxygen atoms in total. The summed E-state index contributed by atoms with van der Waals surface area (Å²) in [6, 6.07) is 34.8. The van der Waals surface area contributed by atoms with Gasteiger partial charge in [0.05, 0.1) is 21.9 Å². The van der Waals surface area contributed by atoms with Gasteiger partial charge in [0.1, 0.15) is 11.6 Å². The number of benzene rings is 4. The lowest BCUT2D eigenvalue weighted by Gasteiger charge is -2.46. The van der Waals surface area contributed by atoms with Crippen molar-refractivity contribution in [3.05, 3.63) is 130 Å². The first kappa shape index (κ1) is 19.5. The number of fused-ring (bicyclic) bond motifs is 12. The highest BCUT2D eigenvalue weighted by Gasteiger charge is 2.72. The van der Waals surface area contributed by atoms with Crippen molar-refractivity contribution < 1.29 is 9.15 Å². The Morgan fingerprint density at radius 3 is 1.49 bits per heavy atom. The molecule has 6 aliphatic heterocycles. The average molecular weight is 529 g/mol. The van der Waals surface area contributed by atoms with E-state index in [1.54, 1.807) is 0 Å². The molecule has 8 heteroatoms. The molecule has 4 aromatic carbocycles. The van der Waals surface area contributed by atoms with E-state index in [1.807, 2.05) is 0 Å². The molecule has 0 radical (unpaired) electrons. The van der Waals surface area contributed by atoms with Crippen LogP contribution < -0.4 is 21.6 Å². The summed E-state index contributed by atoms with van der Waals surface area (Å²) in [6.45, 7) is 0. The van der Waals surface area contributed by atoms with Crippen LogP contribution >= 0.6 is 0 Å². The SMILES string of the molecule is c1ccc2c(c1)C1=[N+]3C2Nc2c4ccccc4c4n2C32n3c(c5ccccc5c3=NC3=[N+]2C(N4)c2ccccc23)=N1. The fraction of sp³-hybridized carbons (Fsp3) is 0.0909. The van der Waals surface area contributed by atoms with Crippen molar-refractivity contribution in [1.29, 1.82) is 0 Å². The van der Waals surface area contributed by atoms with Gasteiger partial charge in [-0.05, 0) is 34.3 Å². The highest BCUT2D eigenvalue weighted by Crippen LogP contribution is 2.55. The lowest BCUT2D eigenvalue weighted by atomic mass is 10.1. The maximum absolute atomic E-state index is 5.48. The molecule has 41 heavy (non-hydrogen) atoms. The zero-order valence-electron chi connectivity index (χ0n) is 21.6. The zero-order chi connectivity index (χ0) is 26.2. The summed E-state index contributed by atoms with van der Waals surface area (Å²) >= 11 is 0.